The highest BCUT2D eigenvalue weighted by Crippen LogP contribution is 2.31. The van der Waals surface area contributed by atoms with Crippen molar-refractivity contribution in [3.8, 4) is 11.3 Å². The molecule has 0 radical (unpaired) electrons. The van der Waals surface area contributed by atoms with Gasteiger partial charge < -0.3 is 0 Å². The minimum atomic E-state index is -4.60. The first-order chi connectivity index (χ1) is 8.38. The summed E-state index contributed by atoms with van der Waals surface area (Å²) in [7, 11) is 0. The maximum absolute atomic E-state index is 13.5. The van der Waals surface area contributed by atoms with E-state index in [1.54, 1.807) is 0 Å². The Morgan fingerprint density at radius 3 is 2.33 bits per heavy atom. The van der Waals surface area contributed by atoms with Crippen LogP contribution in [0, 0.1) is 5.82 Å². The number of alkyl halides is 3. The lowest BCUT2D eigenvalue weighted by atomic mass is 10.1. The van der Waals surface area contributed by atoms with E-state index in [9.17, 15) is 22.4 Å². The van der Waals surface area contributed by atoms with Gasteiger partial charge in [-0.1, -0.05) is 0 Å². The van der Waals surface area contributed by atoms with E-state index in [-0.39, 0.29) is 11.3 Å². The van der Waals surface area contributed by atoms with Crippen molar-refractivity contribution in [2.45, 2.75) is 6.18 Å². The van der Waals surface area contributed by atoms with Gasteiger partial charge in [0.15, 0.2) is 0 Å². The molecule has 7 heteroatoms. The Morgan fingerprint density at radius 1 is 1.11 bits per heavy atom. The monoisotopic (exact) mass is 258 g/mol. The van der Waals surface area contributed by atoms with Crippen LogP contribution in [0.3, 0.4) is 0 Å². The molecule has 0 atom stereocenters. The number of hydrogen-bond donors (Lipinski definition) is 1. The van der Waals surface area contributed by atoms with Gasteiger partial charge in [0.1, 0.15) is 5.82 Å². The fourth-order valence-corrected chi connectivity index (χ4v) is 1.39. The highest BCUT2D eigenvalue weighted by atomic mass is 19.4. The number of H-pyrrole nitrogens is 1. The van der Waals surface area contributed by atoms with Crippen LogP contribution in [-0.2, 0) is 6.18 Å². The minimum absolute atomic E-state index is 0.0563. The third kappa shape index (κ3) is 2.39. The Bertz CT molecular complexity index is 613. The highest BCUT2D eigenvalue weighted by Gasteiger charge is 2.31. The zero-order valence-corrected chi connectivity index (χ0v) is 8.75. The third-order valence-electron chi connectivity index (χ3n) is 2.25. The molecule has 2 rings (SSSR count). The maximum Gasteiger partial charge on any atom is 0.416 e. The minimum Gasteiger partial charge on any atom is -0.268 e. The van der Waals surface area contributed by atoms with Crippen LogP contribution >= 0.6 is 0 Å². The Balaban J connectivity index is 2.48. The van der Waals surface area contributed by atoms with Crippen LogP contribution in [0.25, 0.3) is 11.3 Å². The second-order valence-corrected chi connectivity index (χ2v) is 3.50. The van der Waals surface area contributed by atoms with Crippen LogP contribution in [0.2, 0.25) is 0 Å². The predicted molar refractivity (Wildman–Crippen MR) is 55.3 cm³/mol. The van der Waals surface area contributed by atoms with Crippen LogP contribution in [0.5, 0.6) is 0 Å². The maximum atomic E-state index is 13.5. The van der Waals surface area contributed by atoms with Gasteiger partial charge in [0.25, 0.3) is 5.56 Å². The number of rotatable bonds is 1. The summed E-state index contributed by atoms with van der Waals surface area (Å²) >= 11 is 0. The van der Waals surface area contributed by atoms with Crippen molar-refractivity contribution in [3.05, 3.63) is 52.1 Å². The smallest absolute Gasteiger partial charge is 0.268 e. The van der Waals surface area contributed by atoms with Crippen molar-refractivity contribution in [2.75, 3.05) is 0 Å². The SMILES string of the molecule is O=c1ccc(-c2ccc(C(F)(F)F)cc2F)n[nH]1. The Morgan fingerprint density at radius 2 is 1.83 bits per heavy atom. The molecule has 1 aromatic carbocycles. The molecule has 0 aliphatic heterocycles. The van der Waals surface area contributed by atoms with Gasteiger partial charge in [-0.3, -0.25) is 4.79 Å². The van der Waals surface area contributed by atoms with Crippen molar-refractivity contribution in [2.24, 2.45) is 0 Å². The van der Waals surface area contributed by atoms with E-state index in [0.29, 0.717) is 6.07 Å². The van der Waals surface area contributed by atoms with Crippen molar-refractivity contribution in [1.82, 2.24) is 10.2 Å². The Kier molecular flexibility index (Phi) is 2.90. The summed E-state index contributed by atoms with van der Waals surface area (Å²) in [6.07, 6.45) is -4.60. The molecule has 0 aliphatic rings. The molecule has 0 unspecified atom stereocenters. The normalized spacial score (nSPS) is 11.6. The lowest BCUT2D eigenvalue weighted by Gasteiger charge is -2.08. The number of benzene rings is 1. The first-order valence-electron chi connectivity index (χ1n) is 4.81. The molecule has 1 N–H and O–H groups in total. The van der Waals surface area contributed by atoms with E-state index in [4.69, 9.17) is 0 Å². The molecule has 2 aromatic rings. The van der Waals surface area contributed by atoms with Crippen molar-refractivity contribution < 1.29 is 17.6 Å². The molecular formula is C11H6F4N2O. The first kappa shape index (κ1) is 12.3. The molecule has 0 saturated heterocycles. The zero-order valence-electron chi connectivity index (χ0n) is 8.75. The fourth-order valence-electron chi connectivity index (χ4n) is 1.39. The van der Waals surface area contributed by atoms with Gasteiger partial charge in [0.05, 0.1) is 11.3 Å². The van der Waals surface area contributed by atoms with Crippen molar-refractivity contribution in [1.29, 1.82) is 0 Å². The molecular weight excluding hydrogens is 252 g/mol. The average molecular weight is 258 g/mol. The Labute approximate surface area is 98.1 Å². The summed E-state index contributed by atoms with van der Waals surface area (Å²) < 4.78 is 50.5. The average Bonchev–Trinajstić information content (AvgIpc) is 2.29. The summed E-state index contributed by atoms with van der Waals surface area (Å²) in [5.41, 5.74) is -1.61. The van der Waals surface area contributed by atoms with E-state index in [0.717, 1.165) is 18.2 Å². The summed E-state index contributed by atoms with van der Waals surface area (Å²) in [5, 5.41) is 5.62. The summed E-state index contributed by atoms with van der Waals surface area (Å²) in [4.78, 5) is 10.8. The van der Waals surface area contributed by atoms with Crippen LogP contribution in [0.1, 0.15) is 5.56 Å². The van der Waals surface area contributed by atoms with Gasteiger partial charge in [-0.25, -0.2) is 9.49 Å². The van der Waals surface area contributed by atoms with E-state index in [1.807, 2.05) is 0 Å². The van der Waals surface area contributed by atoms with Crippen LogP contribution in [-0.4, -0.2) is 10.2 Å². The number of nitrogens with zero attached hydrogens (tertiary/aromatic N) is 1. The van der Waals surface area contributed by atoms with E-state index in [2.05, 4.69) is 10.2 Å². The second kappa shape index (κ2) is 4.25. The van der Waals surface area contributed by atoms with Gasteiger partial charge in [-0.15, -0.1) is 0 Å². The topological polar surface area (TPSA) is 45.8 Å². The van der Waals surface area contributed by atoms with E-state index < -0.39 is 23.1 Å². The summed E-state index contributed by atoms with van der Waals surface area (Å²) in [6, 6.07) is 4.45. The van der Waals surface area contributed by atoms with E-state index in [1.165, 1.54) is 6.07 Å². The molecule has 0 amide bonds. The molecule has 3 nitrogen and oxygen atoms in total. The number of nitrogens with one attached hydrogen (secondary N) is 1. The summed E-state index contributed by atoms with van der Waals surface area (Å²) in [6.45, 7) is 0. The largest absolute Gasteiger partial charge is 0.416 e. The lowest BCUT2D eigenvalue weighted by Crippen LogP contribution is -2.07. The van der Waals surface area contributed by atoms with Gasteiger partial charge in [0, 0.05) is 11.6 Å². The third-order valence-corrected chi connectivity index (χ3v) is 2.25. The van der Waals surface area contributed by atoms with Crippen LogP contribution in [0.4, 0.5) is 17.6 Å². The van der Waals surface area contributed by atoms with Gasteiger partial charge in [-0.2, -0.15) is 18.3 Å². The fraction of sp³-hybridized carbons (Fsp3) is 0.0909. The second-order valence-electron chi connectivity index (χ2n) is 3.50. The highest BCUT2D eigenvalue weighted by molar-refractivity contribution is 5.59. The number of hydrogen-bond acceptors (Lipinski definition) is 2. The predicted octanol–water partition coefficient (Wildman–Crippen LogP) is 2.59. The van der Waals surface area contributed by atoms with Crippen molar-refractivity contribution in [3.63, 3.8) is 0 Å². The standard InChI is InChI=1S/C11H6F4N2O/c12-8-5-6(11(13,14)15)1-2-7(8)9-3-4-10(18)17-16-9/h1-5H,(H,17,18). The van der Waals surface area contributed by atoms with Crippen LogP contribution < -0.4 is 5.56 Å². The molecule has 0 fully saturated rings. The molecule has 0 saturated carbocycles. The quantitative estimate of drug-likeness (QED) is 0.799. The molecule has 18 heavy (non-hydrogen) atoms. The first-order valence-corrected chi connectivity index (χ1v) is 4.81. The molecule has 94 valence electrons. The van der Waals surface area contributed by atoms with Crippen LogP contribution in [0.15, 0.2) is 35.1 Å². The van der Waals surface area contributed by atoms with Gasteiger partial charge >= 0.3 is 6.18 Å². The zero-order chi connectivity index (χ0) is 13.3. The molecule has 0 aliphatic carbocycles. The molecule has 0 bridgehead atoms. The Hall–Kier alpha value is -2.18. The number of aromatic nitrogens is 2. The lowest BCUT2D eigenvalue weighted by molar-refractivity contribution is -0.137. The van der Waals surface area contributed by atoms with Gasteiger partial charge in [-0.05, 0) is 24.3 Å². The molecule has 1 aromatic heterocycles. The van der Waals surface area contributed by atoms with Gasteiger partial charge in [0.2, 0.25) is 0 Å². The van der Waals surface area contributed by atoms with Crippen molar-refractivity contribution >= 4 is 0 Å². The number of halogens is 4. The molecule has 1 heterocycles. The van der Waals surface area contributed by atoms with E-state index >= 15 is 0 Å². The summed E-state index contributed by atoms with van der Waals surface area (Å²) in [5.74, 6) is -1.05. The number of aromatic amines is 1. The molecule has 0 spiro atoms.